The Labute approximate surface area is 112 Å². The first-order chi connectivity index (χ1) is 8.60. The number of rotatable bonds is 3. The lowest BCUT2D eigenvalue weighted by Crippen LogP contribution is -2.32. The van der Waals surface area contributed by atoms with E-state index in [9.17, 15) is 4.79 Å². The lowest BCUT2D eigenvalue weighted by molar-refractivity contribution is -0.120. The number of thiazole rings is 1. The third-order valence-electron chi connectivity index (χ3n) is 3.60. The minimum atomic E-state index is 0.110. The van der Waals surface area contributed by atoms with E-state index in [0.717, 1.165) is 42.9 Å². The molecule has 3 N–H and O–H groups in total. The minimum absolute atomic E-state index is 0.110. The third kappa shape index (κ3) is 3.09. The summed E-state index contributed by atoms with van der Waals surface area (Å²) in [6.45, 7) is 4.13. The molecule has 1 fully saturated rings. The van der Waals surface area contributed by atoms with Gasteiger partial charge in [-0.3, -0.25) is 4.79 Å². The molecule has 1 aliphatic rings. The first kappa shape index (κ1) is 13.5. The van der Waals surface area contributed by atoms with Crippen LogP contribution >= 0.6 is 11.3 Å². The Bertz CT molecular complexity index is 422. The zero-order valence-corrected chi connectivity index (χ0v) is 11.8. The topological polar surface area (TPSA) is 68.0 Å². The molecule has 0 aliphatic heterocycles. The van der Waals surface area contributed by atoms with Crippen LogP contribution in [-0.4, -0.2) is 16.9 Å². The number of carbonyl (C=O) groups excluding carboxylic acids is 1. The molecule has 1 aromatic heterocycles. The molecule has 2 rings (SSSR count). The van der Waals surface area contributed by atoms with Crippen LogP contribution in [0.4, 0.5) is 5.13 Å². The summed E-state index contributed by atoms with van der Waals surface area (Å²) in [5, 5.41) is 3.69. The SMILES string of the molecule is CCc1nc(NC(=O)C2CCC(N)CC2)sc1C. The van der Waals surface area contributed by atoms with Gasteiger partial charge in [0.1, 0.15) is 0 Å². The second-order valence-electron chi connectivity index (χ2n) is 4.98. The maximum absolute atomic E-state index is 12.1. The highest BCUT2D eigenvalue weighted by Crippen LogP contribution is 2.27. The van der Waals surface area contributed by atoms with Crippen molar-refractivity contribution in [1.82, 2.24) is 4.98 Å². The zero-order valence-electron chi connectivity index (χ0n) is 11.0. The molecule has 1 aromatic rings. The van der Waals surface area contributed by atoms with Crippen LogP contribution in [0.15, 0.2) is 0 Å². The highest BCUT2D eigenvalue weighted by Gasteiger charge is 2.25. The molecule has 1 saturated carbocycles. The summed E-state index contributed by atoms with van der Waals surface area (Å²) in [7, 11) is 0. The van der Waals surface area contributed by atoms with Gasteiger partial charge in [-0.1, -0.05) is 6.92 Å². The van der Waals surface area contributed by atoms with Crippen LogP contribution in [0.25, 0.3) is 0 Å². The molecule has 1 heterocycles. The van der Waals surface area contributed by atoms with E-state index in [-0.39, 0.29) is 17.9 Å². The Morgan fingerprint density at radius 1 is 1.44 bits per heavy atom. The lowest BCUT2D eigenvalue weighted by Gasteiger charge is -2.24. The van der Waals surface area contributed by atoms with Crippen molar-refractivity contribution in [3.8, 4) is 0 Å². The smallest absolute Gasteiger partial charge is 0.229 e. The minimum Gasteiger partial charge on any atom is -0.328 e. The molecule has 0 unspecified atom stereocenters. The van der Waals surface area contributed by atoms with Gasteiger partial charge >= 0.3 is 0 Å². The number of aromatic nitrogens is 1. The van der Waals surface area contributed by atoms with Crippen molar-refractivity contribution in [3.63, 3.8) is 0 Å². The van der Waals surface area contributed by atoms with Crippen LogP contribution in [0, 0.1) is 12.8 Å². The van der Waals surface area contributed by atoms with Gasteiger partial charge in [-0.25, -0.2) is 4.98 Å². The van der Waals surface area contributed by atoms with Crippen molar-refractivity contribution in [2.75, 3.05) is 5.32 Å². The van der Waals surface area contributed by atoms with Crippen molar-refractivity contribution >= 4 is 22.4 Å². The van der Waals surface area contributed by atoms with Gasteiger partial charge in [-0.05, 0) is 39.0 Å². The standard InChI is InChI=1S/C13H21N3OS/c1-3-11-8(2)18-13(15-11)16-12(17)9-4-6-10(14)7-5-9/h9-10H,3-7,14H2,1-2H3,(H,15,16,17). The number of nitrogens with two attached hydrogens (primary N) is 1. The second-order valence-corrected chi connectivity index (χ2v) is 6.18. The number of nitrogens with zero attached hydrogens (tertiary/aromatic N) is 1. The molecular formula is C13H21N3OS. The van der Waals surface area contributed by atoms with Crippen LogP contribution in [-0.2, 0) is 11.2 Å². The Morgan fingerprint density at radius 3 is 2.67 bits per heavy atom. The number of hydrogen-bond acceptors (Lipinski definition) is 4. The van der Waals surface area contributed by atoms with Gasteiger partial charge in [-0.2, -0.15) is 0 Å². The van der Waals surface area contributed by atoms with Gasteiger partial charge in [0, 0.05) is 16.8 Å². The molecule has 0 aromatic carbocycles. The molecule has 0 atom stereocenters. The first-order valence-corrected chi connectivity index (χ1v) is 7.44. The van der Waals surface area contributed by atoms with Gasteiger partial charge in [0.15, 0.2) is 5.13 Å². The van der Waals surface area contributed by atoms with Crippen LogP contribution in [0.2, 0.25) is 0 Å². The Balaban J connectivity index is 1.94. The van der Waals surface area contributed by atoms with E-state index in [1.807, 2.05) is 6.92 Å². The van der Waals surface area contributed by atoms with E-state index >= 15 is 0 Å². The van der Waals surface area contributed by atoms with E-state index in [1.165, 1.54) is 4.88 Å². The summed E-state index contributed by atoms with van der Waals surface area (Å²) < 4.78 is 0. The number of carbonyl (C=O) groups is 1. The van der Waals surface area contributed by atoms with E-state index in [1.54, 1.807) is 11.3 Å². The number of anilines is 1. The fourth-order valence-corrected chi connectivity index (χ4v) is 3.30. The van der Waals surface area contributed by atoms with Gasteiger partial charge < -0.3 is 11.1 Å². The van der Waals surface area contributed by atoms with Crippen molar-refractivity contribution in [2.24, 2.45) is 11.7 Å². The van der Waals surface area contributed by atoms with Gasteiger partial charge in [0.25, 0.3) is 0 Å². The van der Waals surface area contributed by atoms with E-state index in [0.29, 0.717) is 0 Å². The summed E-state index contributed by atoms with van der Waals surface area (Å²) in [5.74, 6) is 0.220. The maximum Gasteiger partial charge on any atom is 0.229 e. The highest BCUT2D eigenvalue weighted by molar-refractivity contribution is 7.15. The summed E-state index contributed by atoms with van der Waals surface area (Å²) in [4.78, 5) is 17.7. The van der Waals surface area contributed by atoms with Gasteiger partial charge in [0.05, 0.1) is 5.69 Å². The second kappa shape index (κ2) is 5.80. The Kier molecular flexibility index (Phi) is 4.35. The zero-order chi connectivity index (χ0) is 13.1. The van der Waals surface area contributed by atoms with E-state index in [4.69, 9.17) is 5.73 Å². The van der Waals surface area contributed by atoms with Crippen molar-refractivity contribution in [2.45, 2.75) is 52.0 Å². The average Bonchev–Trinajstić information content (AvgIpc) is 2.70. The molecule has 5 heteroatoms. The molecule has 0 saturated heterocycles. The normalized spacial score (nSPS) is 23.9. The average molecular weight is 267 g/mol. The monoisotopic (exact) mass is 267 g/mol. The van der Waals surface area contributed by atoms with Crippen molar-refractivity contribution < 1.29 is 4.79 Å². The number of nitrogens with one attached hydrogen (secondary N) is 1. The van der Waals surface area contributed by atoms with Gasteiger partial charge in [0.2, 0.25) is 5.91 Å². The molecule has 4 nitrogen and oxygen atoms in total. The Hall–Kier alpha value is -0.940. The Morgan fingerprint density at radius 2 is 2.11 bits per heavy atom. The third-order valence-corrected chi connectivity index (χ3v) is 4.53. The van der Waals surface area contributed by atoms with Crippen LogP contribution < -0.4 is 11.1 Å². The predicted octanol–water partition coefficient (Wildman–Crippen LogP) is 2.47. The first-order valence-electron chi connectivity index (χ1n) is 6.63. The molecule has 0 radical (unpaired) electrons. The largest absolute Gasteiger partial charge is 0.328 e. The van der Waals surface area contributed by atoms with E-state index in [2.05, 4.69) is 17.2 Å². The van der Waals surface area contributed by atoms with Gasteiger partial charge in [-0.15, -0.1) is 11.3 Å². The maximum atomic E-state index is 12.1. The fraction of sp³-hybridized carbons (Fsp3) is 0.692. The summed E-state index contributed by atoms with van der Waals surface area (Å²) in [6.07, 6.45) is 4.62. The van der Waals surface area contributed by atoms with Crippen molar-refractivity contribution in [3.05, 3.63) is 10.6 Å². The molecule has 1 aliphatic carbocycles. The molecule has 0 spiro atoms. The summed E-state index contributed by atoms with van der Waals surface area (Å²) in [6, 6.07) is 0.280. The lowest BCUT2D eigenvalue weighted by atomic mass is 9.86. The molecular weight excluding hydrogens is 246 g/mol. The van der Waals surface area contributed by atoms with Crippen molar-refractivity contribution in [1.29, 1.82) is 0 Å². The number of hydrogen-bond donors (Lipinski definition) is 2. The van der Waals surface area contributed by atoms with Crippen LogP contribution in [0.3, 0.4) is 0 Å². The predicted molar refractivity (Wildman–Crippen MR) is 74.8 cm³/mol. The molecule has 1 amide bonds. The summed E-state index contributed by atoms with van der Waals surface area (Å²) in [5.41, 5.74) is 6.93. The number of aryl methyl sites for hydroxylation is 2. The molecule has 0 bridgehead atoms. The fourth-order valence-electron chi connectivity index (χ4n) is 2.40. The van der Waals surface area contributed by atoms with Crippen LogP contribution in [0.1, 0.15) is 43.2 Å². The molecule has 18 heavy (non-hydrogen) atoms. The summed E-state index contributed by atoms with van der Waals surface area (Å²) >= 11 is 1.56. The quantitative estimate of drug-likeness (QED) is 0.884. The molecule has 100 valence electrons. The van der Waals surface area contributed by atoms with Crippen LogP contribution in [0.5, 0.6) is 0 Å². The highest BCUT2D eigenvalue weighted by atomic mass is 32.1. The number of amides is 1. The van der Waals surface area contributed by atoms with E-state index < -0.39 is 0 Å².